The van der Waals surface area contributed by atoms with Gasteiger partial charge in [0.2, 0.25) is 5.88 Å². The average molecular weight is 422 g/mol. The van der Waals surface area contributed by atoms with E-state index in [0.29, 0.717) is 33.9 Å². The van der Waals surface area contributed by atoms with Crippen molar-refractivity contribution < 1.29 is 18.6 Å². The lowest BCUT2D eigenvalue weighted by Gasteiger charge is -2.09. The maximum Gasteiger partial charge on any atom is 0.241 e. The summed E-state index contributed by atoms with van der Waals surface area (Å²) in [5.74, 6) is -1.06. The Hall–Kier alpha value is -3.92. The molecule has 0 fully saturated rings. The second kappa shape index (κ2) is 7.40. The number of nitrogens with zero attached hydrogens (tertiary/aromatic N) is 6. The van der Waals surface area contributed by atoms with Crippen molar-refractivity contribution in [2.24, 2.45) is 0 Å². The van der Waals surface area contributed by atoms with Crippen molar-refractivity contribution in [2.75, 3.05) is 7.11 Å². The summed E-state index contributed by atoms with van der Waals surface area (Å²) in [4.78, 5) is 13.0. The highest BCUT2D eigenvalue weighted by molar-refractivity contribution is 5.87. The van der Waals surface area contributed by atoms with E-state index >= 15 is 0 Å². The summed E-state index contributed by atoms with van der Waals surface area (Å²) in [6.45, 7) is -0.135. The van der Waals surface area contributed by atoms with Crippen molar-refractivity contribution in [1.29, 1.82) is 0 Å². The number of rotatable bonds is 5. The number of methoxy groups -OCH3 is 1. The zero-order chi connectivity index (χ0) is 21.5. The van der Waals surface area contributed by atoms with Gasteiger partial charge in [0.05, 0.1) is 12.6 Å². The lowest BCUT2D eigenvalue weighted by atomic mass is 10.1. The van der Waals surface area contributed by atoms with Gasteiger partial charge < -0.3 is 14.4 Å². The Morgan fingerprint density at radius 2 is 1.97 bits per heavy atom. The minimum Gasteiger partial charge on any atom is -0.479 e. The zero-order valence-electron chi connectivity index (χ0n) is 16.3. The Bertz CT molecular complexity index is 1430. The second-order valence-electron chi connectivity index (χ2n) is 6.88. The van der Waals surface area contributed by atoms with Gasteiger partial charge >= 0.3 is 0 Å². The SMILES string of the molecule is COc1ncnn2ccc(-c3cnc4nc(CO)n(Cc5ccc(F)c(F)c5)c4c3)c12. The first-order valence-electron chi connectivity index (χ1n) is 9.35. The second-order valence-corrected chi connectivity index (χ2v) is 6.88. The van der Waals surface area contributed by atoms with Crippen molar-refractivity contribution in [3.05, 3.63) is 72.1 Å². The molecule has 0 aliphatic heterocycles. The molecule has 156 valence electrons. The highest BCUT2D eigenvalue weighted by Gasteiger charge is 2.17. The molecule has 0 aliphatic rings. The van der Waals surface area contributed by atoms with Crippen LogP contribution in [0.5, 0.6) is 5.88 Å². The number of benzene rings is 1. The van der Waals surface area contributed by atoms with Crippen LogP contribution in [0.25, 0.3) is 27.8 Å². The Morgan fingerprint density at radius 1 is 1.10 bits per heavy atom. The van der Waals surface area contributed by atoms with Crippen LogP contribution in [0.2, 0.25) is 0 Å². The van der Waals surface area contributed by atoms with Crippen LogP contribution in [0.15, 0.2) is 49.1 Å². The lowest BCUT2D eigenvalue weighted by Crippen LogP contribution is -2.06. The van der Waals surface area contributed by atoms with Crippen molar-refractivity contribution in [2.45, 2.75) is 13.2 Å². The van der Waals surface area contributed by atoms with Crippen molar-refractivity contribution >= 4 is 16.7 Å². The summed E-state index contributed by atoms with van der Waals surface area (Å²) in [7, 11) is 1.53. The molecular formula is C21H16F2N6O2. The van der Waals surface area contributed by atoms with Gasteiger partial charge in [-0.3, -0.25) is 0 Å². The van der Waals surface area contributed by atoms with E-state index in [9.17, 15) is 13.9 Å². The lowest BCUT2D eigenvalue weighted by molar-refractivity contribution is 0.267. The van der Waals surface area contributed by atoms with Crippen molar-refractivity contribution in [3.8, 4) is 17.0 Å². The normalized spacial score (nSPS) is 11.5. The maximum absolute atomic E-state index is 13.7. The fourth-order valence-electron chi connectivity index (χ4n) is 3.63. The van der Waals surface area contributed by atoms with Crippen LogP contribution in [0.3, 0.4) is 0 Å². The van der Waals surface area contributed by atoms with E-state index in [4.69, 9.17) is 4.74 Å². The Morgan fingerprint density at radius 3 is 2.74 bits per heavy atom. The molecule has 4 heterocycles. The molecule has 0 radical (unpaired) electrons. The third-order valence-corrected chi connectivity index (χ3v) is 5.08. The number of pyridine rings is 1. The van der Waals surface area contributed by atoms with Crippen LogP contribution in [-0.2, 0) is 13.2 Å². The molecule has 5 rings (SSSR count). The number of hydrogen-bond donors (Lipinski definition) is 1. The summed E-state index contributed by atoms with van der Waals surface area (Å²) in [5.41, 5.74) is 3.85. The molecule has 4 aromatic heterocycles. The van der Waals surface area contributed by atoms with Crippen LogP contribution in [0, 0.1) is 11.6 Å². The first-order chi connectivity index (χ1) is 15.1. The van der Waals surface area contributed by atoms with Gasteiger partial charge in [-0.15, -0.1) is 0 Å². The highest BCUT2D eigenvalue weighted by atomic mass is 19.2. The van der Waals surface area contributed by atoms with Gasteiger partial charge in [0.25, 0.3) is 0 Å². The zero-order valence-corrected chi connectivity index (χ0v) is 16.3. The maximum atomic E-state index is 13.7. The molecule has 8 nitrogen and oxygen atoms in total. The van der Waals surface area contributed by atoms with E-state index in [0.717, 1.165) is 23.3 Å². The van der Waals surface area contributed by atoms with Gasteiger partial charge in [-0.25, -0.2) is 23.3 Å². The van der Waals surface area contributed by atoms with E-state index in [1.54, 1.807) is 21.5 Å². The fourth-order valence-corrected chi connectivity index (χ4v) is 3.63. The molecule has 0 amide bonds. The molecule has 0 saturated carbocycles. The summed E-state index contributed by atoms with van der Waals surface area (Å²) >= 11 is 0. The van der Waals surface area contributed by atoms with Crippen LogP contribution < -0.4 is 4.74 Å². The molecule has 0 saturated heterocycles. The minimum absolute atomic E-state index is 0.192. The molecule has 0 spiro atoms. The molecule has 0 aliphatic carbocycles. The van der Waals surface area contributed by atoms with E-state index < -0.39 is 11.6 Å². The molecule has 10 heteroatoms. The van der Waals surface area contributed by atoms with Crippen LogP contribution >= 0.6 is 0 Å². The average Bonchev–Trinajstić information content (AvgIpc) is 3.37. The molecule has 0 atom stereocenters. The van der Waals surface area contributed by atoms with Gasteiger partial charge in [0.1, 0.15) is 24.3 Å². The van der Waals surface area contributed by atoms with Crippen molar-refractivity contribution in [1.82, 2.24) is 29.1 Å². The third-order valence-electron chi connectivity index (χ3n) is 5.08. The molecule has 31 heavy (non-hydrogen) atoms. The molecule has 5 aromatic rings. The van der Waals surface area contributed by atoms with Crippen LogP contribution in [0.1, 0.15) is 11.4 Å². The number of aliphatic hydroxyl groups excluding tert-OH is 1. The smallest absolute Gasteiger partial charge is 0.241 e. The van der Waals surface area contributed by atoms with E-state index in [1.807, 2.05) is 12.1 Å². The van der Waals surface area contributed by atoms with Crippen molar-refractivity contribution in [3.63, 3.8) is 0 Å². The standard InChI is InChI=1S/C21H16F2N6O2/c1-31-21-19-14(4-5-29(19)26-11-25-21)13-7-17-20(24-8-13)27-18(10-30)28(17)9-12-2-3-15(22)16(23)6-12/h2-8,11,30H,9-10H2,1H3. The number of aromatic nitrogens is 6. The number of ether oxygens (including phenoxy) is 1. The van der Waals surface area contributed by atoms with E-state index in [2.05, 4.69) is 20.1 Å². The van der Waals surface area contributed by atoms with Crippen LogP contribution in [-0.4, -0.2) is 41.3 Å². The summed E-state index contributed by atoms with van der Waals surface area (Å²) in [5, 5.41) is 14.0. The minimum atomic E-state index is -0.932. The van der Waals surface area contributed by atoms with Gasteiger partial charge in [-0.2, -0.15) is 10.1 Å². The van der Waals surface area contributed by atoms with Gasteiger partial charge in [-0.05, 0) is 29.8 Å². The Balaban J connectivity index is 1.66. The Kier molecular flexibility index (Phi) is 4.55. The highest BCUT2D eigenvalue weighted by Crippen LogP contribution is 2.31. The summed E-state index contributed by atoms with van der Waals surface area (Å²) in [6, 6.07) is 7.44. The van der Waals surface area contributed by atoms with Crippen LogP contribution in [0.4, 0.5) is 8.78 Å². The quantitative estimate of drug-likeness (QED) is 0.468. The molecular weight excluding hydrogens is 406 g/mol. The Labute approximate surface area is 174 Å². The molecule has 0 unspecified atom stereocenters. The van der Waals surface area contributed by atoms with Gasteiger partial charge in [-0.1, -0.05) is 6.07 Å². The monoisotopic (exact) mass is 422 g/mol. The number of fused-ring (bicyclic) bond motifs is 2. The molecule has 0 bridgehead atoms. The number of halogens is 2. The predicted molar refractivity (Wildman–Crippen MR) is 107 cm³/mol. The van der Waals surface area contributed by atoms with E-state index in [1.165, 1.54) is 19.5 Å². The van der Waals surface area contributed by atoms with E-state index in [-0.39, 0.29) is 13.2 Å². The topological polar surface area (TPSA) is 90.4 Å². The fraction of sp³-hybridized carbons (Fsp3) is 0.143. The molecule has 1 aromatic carbocycles. The number of aliphatic hydroxyl groups is 1. The third kappa shape index (κ3) is 3.17. The number of imidazole rings is 1. The first kappa shape index (κ1) is 19.1. The summed E-state index contributed by atoms with van der Waals surface area (Å²) < 4.78 is 35.7. The predicted octanol–water partition coefficient (Wildman–Crippen LogP) is 2.97. The van der Waals surface area contributed by atoms with Gasteiger partial charge in [0, 0.05) is 30.1 Å². The largest absolute Gasteiger partial charge is 0.479 e. The number of hydrogen-bond acceptors (Lipinski definition) is 6. The van der Waals surface area contributed by atoms with Gasteiger partial charge in [0.15, 0.2) is 17.3 Å². The molecule has 1 N–H and O–H groups in total. The summed E-state index contributed by atoms with van der Waals surface area (Å²) in [6.07, 6.45) is 4.86. The first-order valence-corrected chi connectivity index (χ1v) is 9.35.